The Morgan fingerprint density at radius 3 is 2.44 bits per heavy atom. The van der Waals surface area contributed by atoms with Gasteiger partial charge in [0.2, 0.25) is 12.1 Å². The molecule has 0 heterocycles. The first kappa shape index (κ1) is 17.3. The van der Waals surface area contributed by atoms with Crippen molar-refractivity contribution in [3.8, 4) is 11.9 Å². The highest BCUT2D eigenvalue weighted by Gasteiger charge is 2.58. The Bertz CT molecular complexity index is 726. The molecule has 25 heavy (non-hydrogen) atoms. The fourth-order valence-corrected chi connectivity index (χ4v) is 4.16. The van der Waals surface area contributed by atoms with Crippen molar-refractivity contribution in [1.29, 1.82) is 5.26 Å². The van der Waals surface area contributed by atoms with Crippen LogP contribution in [-0.2, 0) is 4.79 Å². The second-order valence-electron chi connectivity index (χ2n) is 7.71. The zero-order valence-electron chi connectivity index (χ0n) is 14.7. The summed E-state index contributed by atoms with van der Waals surface area (Å²) >= 11 is 0. The Morgan fingerprint density at radius 1 is 1.28 bits per heavy atom. The third-order valence-corrected chi connectivity index (χ3v) is 5.60. The second-order valence-corrected chi connectivity index (χ2v) is 7.71. The Balaban J connectivity index is 1.80. The molecule has 2 bridgehead atoms. The molecule has 0 aliphatic heterocycles. The molecule has 2 fully saturated rings. The summed E-state index contributed by atoms with van der Waals surface area (Å²) in [5, 5.41) is 12.6. The van der Waals surface area contributed by atoms with Crippen molar-refractivity contribution in [1.82, 2.24) is 5.32 Å². The molecule has 2 aliphatic carbocycles. The van der Waals surface area contributed by atoms with Crippen molar-refractivity contribution >= 4 is 11.7 Å². The number of carbonyl (C=O) groups is 1. The Hall–Kier alpha value is -2.55. The maximum atomic E-state index is 11.9. The van der Waals surface area contributed by atoms with E-state index < -0.39 is 11.0 Å². The number of para-hydroxylation sites is 1. The minimum Gasteiger partial charge on any atom is -0.480 e. The molecule has 0 aromatic heterocycles. The van der Waals surface area contributed by atoms with Gasteiger partial charge in [-0.25, -0.2) is 0 Å². The van der Waals surface area contributed by atoms with E-state index in [1.165, 1.54) is 0 Å². The van der Waals surface area contributed by atoms with Crippen molar-refractivity contribution in [2.45, 2.75) is 57.1 Å². The van der Waals surface area contributed by atoms with E-state index >= 15 is 0 Å². The lowest BCUT2D eigenvalue weighted by Crippen LogP contribution is -2.55. The highest BCUT2D eigenvalue weighted by atomic mass is 16.5. The summed E-state index contributed by atoms with van der Waals surface area (Å²) < 4.78 is 6.07. The zero-order valence-corrected chi connectivity index (χ0v) is 14.7. The summed E-state index contributed by atoms with van der Waals surface area (Å²) in [5.74, 6) is 0.982. The van der Waals surface area contributed by atoms with Gasteiger partial charge in [0.15, 0.2) is 11.4 Å². The topological polar surface area (TPSA) is 100 Å². The number of primary amides is 1. The molecule has 1 aromatic rings. The van der Waals surface area contributed by atoms with Crippen LogP contribution in [0.15, 0.2) is 35.3 Å². The SMILES string of the molecule is CC(C)(Oc1ccccc1)/C(=N\C#N)NC12CCC(C(N)=O)(CC1)C2. The van der Waals surface area contributed by atoms with Crippen LogP contribution in [0, 0.1) is 16.9 Å². The third kappa shape index (κ3) is 3.19. The highest BCUT2D eigenvalue weighted by molar-refractivity contribution is 5.92. The average Bonchev–Trinajstić information content (AvgIpc) is 3.13. The standard InChI is InChI=1S/C19H24N4O2/c1-17(2,25-14-6-4-3-5-7-14)16(22-13-20)23-19-10-8-18(12-19,9-11-19)15(21)24/h3-7H,8-12H2,1-2H3,(H2,21,24)(H,22,23). The Labute approximate surface area is 148 Å². The lowest BCUT2D eigenvalue weighted by atomic mass is 9.83. The number of amidine groups is 1. The molecule has 0 saturated heterocycles. The monoisotopic (exact) mass is 340 g/mol. The molecule has 0 radical (unpaired) electrons. The van der Waals surface area contributed by atoms with E-state index in [4.69, 9.17) is 15.7 Å². The van der Waals surface area contributed by atoms with Crippen molar-refractivity contribution in [2.75, 3.05) is 0 Å². The van der Waals surface area contributed by atoms with Crippen molar-refractivity contribution in [2.24, 2.45) is 16.1 Å². The Morgan fingerprint density at radius 2 is 1.92 bits per heavy atom. The molecular formula is C19H24N4O2. The number of hydrogen-bond acceptors (Lipinski definition) is 4. The van der Waals surface area contributed by atoms with E-state index in [1.807, 2.05) is 50.4 Å². The van der Waals surface area contributed by atoms with Crippen LogP contribution in [0.5, 0.6) is 5.75 Å². The van der Waals surface area contributed by atoms with Gasteiger partial charge < -0.3 is 15.8 Å². The molecule has 3 rings (SSSR count). The summed E-state index contributed by atoms with van der Waals surface area (Å²) in [6, 6.07) is 9.45. The average molecular weight is 340 g/mol. The molecule has 1 amide bonds. The molecule has 0 unspecified atom stereocenters. The summed E-state index contributed by atoms with van der Waals surface area (Å²) in [6.45, 7) is 3.76. The van der Waals surface area contributed by atoms with Crippen LogP contribution in [0.1, 0.15) is 46.0 Å². The van der Waals surface area contributed by atoms with Crippen LogP contribution in [0.2, 0.25) is 0 Å². The number of nitrogens with one attached hydrogen (secondary N) is 1. The number of hydrogen-bond donors (Lipinski definition) is 2. The number of ether oxygens (including phenoxy) is 1. The van der Waals surface area contributed by atoms with Gasteiger partial charge in [-0.1, -0.05) is 18.2 Å². The summed E-state index contributed by atoms with van der Waals surface area (Å²) in [4.78, 5) is 15.9. The quantitative estimate of drug-likeness (QED) is 0.488. The van der Waals surface area contributed by atoms with Crippen LogP contribution >= 0.6 is 0 Å². The normalized spacial score (nSPS) is 28.4. The van der Waals surface area contributed by atoms with Crippen LogP contribution in [0.25, 0.3) is 0 Å². The number of nitrogens with zero attached hydrogens (tertiary/aromatic N) is 2. The van der Waals surface area contributed by atoms with Crippen LogP contribution in [-0.4, -0.2) is 22.9 Å². The minimum atomic E-state index is -0.799. The van der Waals surface area contributed by atoms with Gasteiger partial charge in [0.1, 0.15) is 5.75 Å². The summed E-state index contributed by atoms with van der Waals surface area (Å²) in [7, 11) is 0. The maximum absolute atomic E-state index is 11.9. The van der Waals surface area contributed by atoms with Crippen LogP contribution in [0.4, 0.5) is 0 Å². The van der Waals surface area contributed by atoms with Gasteiger partial charge in [-0.15, -0.1) is 0 Å². The van der Waals surface area contributed by atoms with E-state index in [-0.39, 0.29) is 11.4 Å². The van der Waals surface area contributed by atoms with Crippen molar-refractivity contribution < 1.29 is 9.53 Å². The fourth-order valence-electron chi connectivity index (χ4n) is 4.16. The predicted octanol–water partition coefficient (Wildman–Crippen LogP) is 2.50. The maximum Gasteiger partial charge on any atom is 0.223 e. The summed E-state index contributed by atoms with van der Waals surface area (Å²) in [5.41, 5.74) is 4.19. The van der Waals surface area contributed by atoms with Crippen molar-refractivity contribution in [3.63, 3.8) is 0 Å². The molecule has 2 saturated carbocycles. The number of aliphatic imine (C=N–C) groups is 1. The molecule has 132 valence electrons. The number of rotatable bonds is 5. The van der Waals surface area contributed by atoms with Crippen molar-refractivity contribution in [3.05, 3.63) is 30.3 Å². The van der Waals surface area contributed by atoms with Gasteiger partial charge in [0, 0.05) is 5.54 Å². The lowest BCUT2D eigenvalue weighted by molar-refractivity contribution is -0.127. The number of carbonyl (C=O) groups excluding carboxylic acids is 1. The summed E-state index contributed by atoms with van der Waals surface area (Å²) in [6.07, 6.45) is 5.84. The zero-order chi connectivity index (χ0) is 18.1. The van der Waals surface area contributed by atoms with Gasteiger partial charge in [0.25, 0.3) is 0 Å². The first-order chi connectivity index (χ1) is 11.8. The van der Waals surface area contributed by atoms with Gasteiger partial charge in [0.05, 0.1) is 5.41 Å². The first-order valence-corrected chi connectivity index (χ1v) is 8.60. The molecule has 3 N–H and O–H groups in total. The molecular weight excluding hydrogens is 316 g/mol. The third-order valence-electron chi connectivity index (χ3n) is 5.60. The molecule has 0 spiro atoms. The predicted molar refractivity (Wildman–Crippen MR) is 94.8 cm³/mol. The van der Waals surface area contributed by atoms with Gasteiger partial charge in [-0.2, -0.15) is 10.3 Å². The lowest BCUT2D eigenvalue weighted by Gasteiger charge is -2.35. The van der Waals surface area contributed by atoms with Gasteiger partial charge in [-0.3, -0.25) is 4.79 Å². The number of nitrogens with two attached hydrogens (primary N) is 1. The largest absolute Gasteiger partial charge is 0.480 e. The fraction of sp³-hybridized carbons (Fsp3) is 0.526. The van der Waals surface area contributed by atoms with Gasteiger partial charge in [-0.05, 0) is 58.1 Å². The van der Waals surface area contributed by atoms with E-state index in [0.29, 0.717) is 18.0 Å². The number of nitriles is 1. The number of amides is 1. The highest BCUT2D eigenvalue weighted by Crippen LogP contribution is 2.56. The van der Waals surface area contributed by atoms with E-state index in [0.717, 1.165) is 25.7 Å². The molecule has 0 atom stereocenters. The van der Waals surface area contributed by atoms with Crippen LogP contribution < -0.4 is 15.8 Å². The number of benzene rings is 1. The van der Waals surface area contributed by atoms with E-state index in [2.05, 4.69) is 10.3 Å². The smallest absolute Gasteiger partial charge is 0.223 e. The number of fused-ring (bicyclic) bond motifs is 2. The minimum absolute atomic E-state index is 0.216. The molecule has 1 aromatic carbocycles. The second kappa shape index (κ2) is 6.07. The van der Waals surface area contributed by atoms with Gasteiger partial charge >= 0.3 is 0 Å². The molecule has 6 nitrogen and oxygen atoms in total. The Kier molecular flexibility index (Phi) is 4.19. The van der Waals surface area contributed by atoms with Crippen LogP contribution in [0.3, 0.4) is 0 Å². The first-order valence-electron chi connectivity index (χ1n) is 8.60. The molecule has 2 aliphatic rings. The van der Waals surface area contributed by atoms with E-state index in [1.54, 1.807) is 0 Å². The molecule has 6 heteroatoms. The van der Waals surface area contributed by atoms with E-state index in [9.17, 15) is 4.79 Å².